The summed E-state index contributed by atoms with van der Waals surface area (Å²) in [6, 6.07) is 6.80. The minimum atomic E-state index is -0.364. The molecule has 0 aliphatic carbocycles. The molecule has 0 spiro atoms. The van der Waals surface area contributed by atoms with Crippen molar-refractivity contribution in [2.75, 3.05) is 26.6 Å². The zero-order valence-corrected chi connectivity index (χ0v) is 17.2. The van der Waals surface area contributed by atoms with Crippen LogP contribution in [0.3, 0.4) is 0 Å². The molecule has 1 aromatic carbocycles. The van der Waals surface area contributed by atoms with Crippen molar-refractivity contribution in [3.05, 3.63) is 40.2 Å². The molecule has 0 radical (unpaired) electrons. The van der Waals surface area contributed by atoms with Gasteiger partial charge in [-0.2, -0.15) is 0 Å². The molecule has 8 heteroatoms. The number of hydrogen-bond acceptors (Lipinski definition) is 7. The molecule has 3 rings (SSSR count). The number of nitrogens with one attached hydrogen (secondary N) is 1. The van der Waals surface area contributed by atoms with E-state index < -0.39 is 0 Å². The molecule has 0 atom stereocenters. The van der Waals surface area contributed by atoms with Crippen molar-refractivity contribution in [2.24, 2.45) is 0 Å². The number of carbonyl (C=O) groups is 2. The molecule has 1 aliphatic heterocycles. The quantitative estimate of drug-likeness (QED) is 0.716. The molecule has 2 heterocycles. The van der Waals surface area contributed by atoms with Gasteiger partial charge in [-0.15, -0.1) is 11.3 Å². The van der Waals surface area contributed by atoms with Crippen molar-refractivity contribution in [2.45, 2.75) is 19.9 Å². The number of imide groups is 1. The molecule has 0 unspecified atom stereocenters. The van der Waals surface area contributed by atoms with Crippen molar-refractivity contribution < 1.29 is 23.8 Å². The number of rotatable bonds is 7. The Bertz CT molecular complexity index is 909. The lowest BCUT2D eigenvalue weighted by atomic mass is 10.1. The summed E-state index contributed by atoms with van der Waals surface area (Å²) in [6.07, 6.45) is 0. The third-order valence-electron chi connectivity index (χ3n) is 4.33. The van der Waals surface area contributed by atoms with E-state index >= 15 is 0 Å². The van der Waals surface area contributed by atoms with E-state index in [-0.39, 0.29) is 23.6 Å². The molecule has 2 aromatic rings. The average Bonchev–Trinajstić information content (AvgIpc) is 3.27. The van der Waals surface area contributed by atoms with Gasteiger partial charge in [-0.05, 0) is 25.3 Å². The summed E-state index contributed by atoms with van der Waals surface area (Å²) in [5.41, 5.74) is 1.14. The van der Waals surface area contributed by atoms with Crippen LogP contribution in [0.25, 0.3) is 5.57 Å². The first kappa shape index (κ1) is 19.8. The maximum atomic E-state index is 13.0. The van der Waals surface area contributed by atoms with Gasteiger partial charge in [0, 0.05) is 28.7 Å². The number of amides is 2. The van der Waals surface area contributed by atoms with E-state index in [2.05, 4.69) is 5.32 Å². The van der Waals surface area contributed by atoms with Gasteiger partial charge in [0.25, 0.3) is 11.8 Å². The van der Waals surface area contributed by atoms with Crippen LogP contribution in [0.1, 0.15) is 18.7 Å². The second-order valence-electron chi connectivity index (χ2n) is 6.34. The van der Waals surface area contributed by atoms with E-state index in [9.17, 15) is 9.59 Å². The molecule has 0 fully saturated rings. The summed E-state index contributed by atoms with van der Waals surface area (Å²) < 4.78 is 16.1. The Labute approximate surface area is 167 Å². The predicted molar refractivity (Wildman–Crippen MR) is 108 cm³/mol. The average molecular weight is 402 g/mol. The van der Waals surface area contributed by atoms with E-state index in [1.54, 1.807) is 12.1 Å². The fraction of sp³-hybridized carbons (Fsp3) is 0.300. The van der Waals surface area contributed by atoms with E-state index in [1.165, 1.54) is 37.6 Å². The molecule has 0 saturated carbocycles. The highest BCUT2D eigenvalue weighted by Gasteiger charge is 2.41. The Morgan fingerprint density at radius 1 is 1.00 bits per heavy atom. The maximum absolute atomic E-state index is 13.0. The van der Waals surface area contributed by atoms with Crippen molar-refractivity contribution in [1.82, 2.24) is 4.90 Å². The fourth-order valence-electron chi connectivity index (χ4n) is 3.08. The zero-order valence-electron chi connectivity index (χ0n) is 16.4. The minimum absolute atomic E-state index is 0.232. The van der Waals surface area contributed by atoms with Crippen molar-refractivity contribution in [3.63, 3.8) is 0 Å². The Hall–Kier alpha value is -3.00. The SMILES string of the molecule is COc1cc(NC2=C(c3cccs3)C(=O)N(C(C)C)C2=O)cc(OC)c1OC. The second-order valence-corrected chi connectivity index (χ2v) is 7.29. The number of hydrogen-bond donors (Lipinski definition) is 1. The van der Waals surface area contributed by atoms with Crippen LogP contribution in [0.5, 0.6) is 17.2 Å². The molecule has 1 aromatic heterocycles. The van der Waals surface area contributed by atoms with Crippen LogP contribution in [0.2, 0.25) is 0 Å². The first-order chi connectivity index (χ1) is 13.4. The smallest absolute Gasteiger partial charge is 0.278 e. The topological polar surface area (TPSA) is 77.1 Å². The van der Waals surface area contributed by atoms with Crippen molar-refractivity contribution in [3.8, 4) is 17.2 Å². The Balaban J connectivity index is 2.10. The lowest BCUT2D eigenvalue weighted by Crippen LogP contribution is -2.38. The monoisotopic (exact) mass is 402 g/mol. The minimum Gasteiger partial charge on any atom is -0.493 e. The van der Waals surface area contributed by atoms with E-state index in [1.807, 2.05) is 31.4 Å². The largest absolute Gasteiger partial charge is 0.493 e. The summed E-state index contributed by atoms with van der Waals surface area (Å²) in [4.78, 5) is 27.9. The summed E-state index contributed by atoms with van der Waals surface area (Å²) in [5.74, 6) is 0.662. The first-order valence-corrected chi connectivity index (χ1v) is 9.54. The molecule has 7 nitrogen and oxygen atoms in total. The molecular formula is C20H22N2O5S. The predicted octanol–water partition coefficient (Wildman–Crippen LogP) is 3.37. The van der Waals surface area contributed by atoms with E-state index in [0.29, 0.717) is 28.5 Å². The van der Waals surface area contributed by atoms with E-state index in [0.717, 1.165) is 4.88 Å². The lowest BCUT2D eigenvalue weighted by molar-refractivity contribution is -0.138. The molecule has 1 N–H and O–H groups in total. The van der Waals surface area contributed by atoms with Crippen molar-refractivity contribution in [1.29, 1.82) is 0 Å². The van der Waals surface area contributed by atoms with Gasteiger partial charge in [0.2, 0.25) is 5.75 Å². The normalized spacial score (nSPS) is 14.1. The number of nitrogens with zero attached hydrogens (tertiary/aromatic N) is 1. The lowest BCUT2D eigenvalue weighted by Gasteiger charge is -2.19. The molecule has 0 bridgehead atoms. The van der Waals surface area contributed by atoms with Crippen LogP contribution in [-0.4, -0.2) is 44.1 Å². The Morgan fingerprint density at radius 2 is 1.64 bits per heavy atom. The van der Waals surface area contributed by atoms with Gasteiger partial charge in [0.05, 0.1) is 26.9 Å². The Kier molecular flexibility index (Phi) is 5.60. The molecule has 2 amide bonds. The number of benzene rings is 1. The summed E-state index contributed by atoms with van der Waals surface area (Å²) in [7, 11) is 4.55. The summed E-state index contributed by atoms with van der Waals surface area (Å²) in [5, 5.41) is 4.97. The molecule has 28 heavy (non-hydrogen) atoms. The number of anilines is 1. The van der Waals surface area contributed by atoms with Gasteiger partial charge in [0.1, 0.15) is 5.70 Å². The van der Waals surface area contributed by atoms with Crippen LogP contribution in [0.4, 0.5) is 5.69 Å². The summed E-state index contributed by atoms with van der Waals surface area (Å²) >= 11 is 1.41. The van der Waals surface area contributed by atoms with Gasteiger partial charge in [-0.25, -0.2) is 0 Å². The van der Waals surface area contributed by atoms with E-state index in [4.69, 9.17) is 14.2 Å². The molecule has 148 valence electrons. The van der Waals surface area contributed by atoms with Gasteiger partial charge in [0.15, 0.2) is 11.5 Å². The van der Waals surface area contributed by atoms with Crippen LogP contribution in [0, 0.1) is 0 Å². The van der Waals surface area contributed by atoms with Gasteiger partial charge >= 0.3 is 0 Å². The fourth-order valence-corrected chi connectivity index (χ4v) is 3.85. The second kappa shape index (κ2) is 7.93. The number of ether oxygens (including phenoxy) is 3. The third-order valence-corrected chi connectivity index (χ3v) is 5.22. The molecule has 1 aliphatic rings. The highest BCUT2D eigenvalue weighted by molar-refractivity contribution is 7.11. The van der Waals surface area contributed by atoms with Crippen LogP contribution in [0.15, 0.2) is 35.3 Å². The highest BCUT2D eigenvalue weighted by atomic mass is 32.1. The maximum Gasteiger partial charge on any atom is 0.278 e. The number of thiophene rings is 1. The Morgan fingerprint density at radius 3 is 2.11 bits per heavy atom. The number of carbonyl (C=O) groups excluding carboxylic acids is 2. The van der Waals surface area contributed by atoms with Crippen LogP contribution < -0.4 is 19.5 Å². The van der Waals surface area contributed by atoms with Gasteiger partial charge < -0.3 is 19.5 Å². The molecule has 0 saturated heterocycles. The zero-order chi connectivity index (χ0) is 20.4. The highest BCUT2D eigenvalue weighted by Crippen LogP contribution is 2.41. The van der Waals surface area contributed by atoms with Crippen LogP contribution >= 0.6 is 11.3 Å². The summed E-state index contributed by atoms with van der Waals surface area (Å²) in [6.45, 7) is 3.62. The van der Waals surface area contributed by atoms with Gasteiger partial charge in [-0.1, -0.05) is 6.07 Å². The first-order valence-electron chi connectivity index (χ1n) is 8.66. The molecular weight excluding hydrogens is 380 g/mol. The van der Waals surface area contributed by atoms with Crippen LogP contribution in [-0.2, 0) is 9.59 Å². The third kappa shape index (κ3) is 3.31. The van der Waals surface area contributed by atoms with Crippen molar-refractivity contribution >= 4 is 34.4 Å². The number of methoxy groups -OCH3 is 3. The van der Waals surface area contributed by atoms with Gasteiger partial charge in [-0.3, -0.25) is 14.5 Å². The standard InChI is InChI=1S/C20H22N2O5S/c1-11(2)22-19(23)16(15-7-6-8-28-15)17(20(22)24)21-12-9-13(25-3)18(27-5)14(10-12)26-4/h6-11,21H,1-5H3.